The number of fused-ring (bicyclic) bond motifs is 6. The highest BCUT2D eigenvalue weighted by atomic mass is 79.9. The highest BCUT2D eigenvalue weighted by molar-refractivity contribution is 9.10. The lowest BCUT2D eigenvalue weighted by Gasteiger charge is -2.10. The molecule has 0 spiro atoms. The Kier molecular flexibility index (Phi) is 5.01. The predicted octanol–water partition coefficient (Wildman–Crippen LogP) is 10.8. The van der Waals surface area contributed by atoms with Crippen LogP contribution in [0.2, 0.25) is 0 Å². The molecule has 2 aromatic heterocycles. The first-order valence-electron chi connectivity index (χ1n) is 13.0. The van der Waals surface area contributed by atoms with Crippen LogP contribution in [0.25, 0.3) is 71.7 Å². The minimum Gasteiger partial charge on any atom is -0.455 e. The second kappa shape index (κ2) is 8.72. The van der Waals surface area contributed by atoms with Gasteiger partial charge in [-0.1, -0.05) is 94.8 Å². The molecule has 2 heterocycles. The van der Waals surface area contributed by atoms with Gasteiger partial charge < -0.3 is 8.98 Å². The molecule has 0 fully saturated rings. The molecule has 3 heteroatoms. The summed E-state index contributed by atoms with van der Waals surface area (Å²) in [7, 11) is 0. The summed E-state index contributed by atoms with van der Waals surface area (Å²) >= 11 is 3.80. The second-order valence-electron chi connectivity index (χ2n) is 9.93. The zero-order valence-electron chi connectivity index (χ0n) is 20.9. The van der Waals surface area contributed by atoms with E-state index in [9.17, 15) is 0 Å². The summed E-state index contributed by atoms with van der Waals surface area (Å²) in [6, 6.07) is 47.3. The van der Waals surface area contributed by atoms with Crippen LogP contribution in [-0.2, 0) is 0 Å². The summed E-state index contributed by atoms with van der Waals surface area (Å²) < 4.78 is 9.74. The molecule has 184 valence electrons. The Labute approximate surface area is 233 Å². The van der Waals surface area contributed by atoms with Crippen LogP contribution in [-0.4, -0.2) is 4.57 Å². The van der Waals surface area contributed by atoms with Crippen molar-refractivity contribution >= 4 is 59.7 Å². The molecule has 0 aliphatic heterocycles. The molecule has 6 aromatic carbocycles. The van der Waals surface area contributed by atoms with Gasteiger partial charge in [-0.05, 0) is 71.3 Å². The van der Waals surface area contributed by atoms with Gasteiger partial charge in [-0.2, -0.15) is 0 Å². The molecule has 0 aliphatic carbocycles. The van der Waals surface area contributed by atoms with Crippen molar-refractivity contribution in [2.24, 2.45) is 0 Å². The second-order valence-corrected chi connectivity index (χ2v) is 10.8. The zero-order chi connectivity index (χ0) is 25.9. The first-order chi connectivity index (χ1) is 19.2. The summed E-state index contributed by atoms with van der Waals surface area (Å²) in [6.45, 7) is 0. The van der Waals surface area contributed by atoms with Crippen LogP contribution < -0.4 is 0 Å². The van der Waals surface area contributed by atoms with Crippen LogP contribution in [0.4, 0.5) is 0 Å². The van der Waals surface area contributed by atoms with Crippen molar-refractivity contribution in [1.29, 1.82) is 0 Å². The molecular weight excluding hydrogens is 542 g/mol. The molecule has 39 heavy (non-hydrogen) atoms. The Hall–Kier alpha value is -4.60. The molecule has 8 aromatic rings. The van der Waals surface area contributed by atoms with E-state index in [0.29, 0.717) is 0 Å². The van der Waals surface area contributed by atoms with Gasteiger partial charge in [-0.15, -0.1) is 0 Å². The van der Waals surface area contributed by atoms with Gasteiger partial charge >= 0.3 is 0 Å². The first kappa shape index (κ1) is 22.4. The van der Waals surface area contributed by atoms with Crippen molar-refractivity contribution in [3.8, 4) is 27.9 Å². The number of rotatable bonds is 3. The van der Waals surface area contributed by atoms with E-state index < -0.39 is 0 Å². The monoisotopic (exact) mass is 563 g/mol. The van der Waals surface area contributed by atoms with Gasteiger partial charge in [0.05, 0.1) is 11.0 Å². The van der Waals surface area contributed by atoms with Crippen LogP contribution in [0.3, 0.4) is 0 Å². The van der Waals surface area contributed by atoms with Crippen molar-refractivity contribution in [3.63, 3.8) is 0 Å². The SMILES string of the molecule is Brc1cc(-c2ccc3c(c2)c2ccccc2n3-c2ccccc2)cc(-c2cccc3c2oc2ccccc23)c1. The maximum absolute atomic E-state index is 6.36. The van der Waals surface area contributed by atoms with Crippen molar-refractivity contribution < 1.29 is 4.42 Å². The van der Waals surface area contributed by atoms with Crippen molar-refractivity contribution in [2.45, 2.75) is 0 Å². The van der Waals surface area contributed by atoms with E-state index in [1.54, 1.807) is 0 Å². The minimum absolute atomic E-state index is 0.912. The number of furan rings is 1. The fourth-order valence-corrected chi connectivity index (χ4v) is 6.39. The Morgan fingerprint density at radius 1 is 0.487 bits per heavy atom. The van der Waals surface area contributed by atoms with Gasteiger partial charge in [-0.25, -0.2) is 0 Å². The van der Waals surface area contributed by atoms with E-state index in [4.69, 9.17) is 4.42 Å². The number of nitrogens with zero attached hydrogens (tertiary/aromatic N) is 1. The summed E-state index contributed by atoms with van der Waals surface area (Å²) in [5.74, 6) is 0. The molecule has 0 N–H and O–H groups in total. The number of aromatic nitrogens is 1. The normalized spacial score (nSPS) is 11.7. The number of hydrogen-bond acceptors (Lipinski definition) is 1. The fourth-order valence-electron chi connectivity index (χ4n) is 5.89. The Morgan fingerprint density at radius 3 is 2.10 bits per heavy atom. The van der Waals surface area contributed by atoms with Gasteiger partial charge in [0, 0.05) is 37.3 Å². The smallest absolute Gasteiger partial charge is 0.143 e. The molecule has 8 rings (SSSR count). The maximum atomic E-state index is 6.36. The average molecular weight is 564 g/mol. The molecule has 0 atom stereocenters. The lowest BCUT2D eigenvalue weighted by molar-refractivity contribution is 0.670. The van der Waals surface area contributed by atoms with Gasteiger partial charge in [0.25, 0.3) is 0 Å². The van der Waals surface area contributed by atoms with Crippen LogP contribution in [0.1, 0.15) is 0 Å². The molecule has 0 aliphatic rings. The number of para-hydroxylation sites is 4. The minimum atomic E-state index is 0.912. The van der Waals surface area contributed by atoms with Crippen LogP contribution in [0.5, 0.6) is 0 Å². The van der Waals surface area contributed by atoms with Crippen LogP contribution >= 0.6 is 15.9 Å². The van der Waals surface area contributed by atoms with Gasteiger partial charge in [0.15, 0.2) is 0 Å². The largest absolute Gasteiger partial charge is 0.455 e. The predicted molar refractivity (Wildman–Crippen MR) is 167 cm³/mol. The third-order valence-electron chi connectivity index (χ3n) is 7.63. The Bertz CT molecular complexity index is 2190. The third kappa shape index (κ3) is 3.54. The van der Waals surface area contributed by atoms with Crippen LogP contribution in [0.15, 0.2) is 142 Å². The van der Waals surface area contributed by atoms with E-state index >= 15 is 0 Å². The molecule has 0 saturated heterocycles. The lowest BCUT2D eigenvalue weighted by atomic mass is 9.97. The van der Waals surface area contributed by atoms with Crippen molar-refractivity contribution in [2.75, 3.05) is 0 Å². The summed E-state index contributed by atoms with van der Waals surface area (Å²) in [6.07, 6.45) is 0. The molecule has 0 bridgehead atoms. The molecule has 0 amide bonds. The third-order valence-corrected chi connectivity index (χ3v) is 8.09. The van der Waals surface area contributed by atoms with Gasteiger partial charge in [0.2, 0.25) is 0 Å². The van der Waals surface area contributed by atoms with E-state index in [2.05, 4.69) is 142 Å². The van der Waals surface area contributed by atoms with E-state index in [0.717, 1.165) is 43.1 Å². The topological polar surface area (TPSA) is 18.1 Å². The molecule has 2 nitrogen and oxygen atoms in total. The summed E-state index contributed by atoms with van der Waals surface area (Å²) in [5.41, 5.74) is 9.96. The Balaban J connectivity index is 1.33. The highest BCUT2D eigenvalue weighted by Gasteiger charge is 2.15. The number of halogens is 1. The number of benzene rings is 6. The lowest BCUT2D eigenvalue weighted by Crippen LogP contribution is -1.92. The standard InChI is InChI=1S/C36H22BrNO/c37-26-20-24(19-25(21-26)28-13-8-14-31-30-12-5-7-16-35(30)39-36(28)31)23-17-18-34-32(22-23)29-11-4-6-15-33(29)38(34)27-9-2-1-3-10-27/h1-22H. The number of hydrogen-bond donors (Lipinski definition) is 0. The summed E-state index contributed by atoms with van der Waals surface area (Å²) in [5, 5.41) is 4.78. The van der Waals surface area contributed by atoms with Crippen LogP contribution in [0, 0.1) is 0 Å². The average Bonchev–Trinajstić information content (AvgIpc) is 3.53. The van der Waals surface area contributed by atoms with Gasteiger partial charge in [-0.3, -0.25) is 0 Å². The van der Waals surface area contributed by atoms with Gasteiger partial charge in [0.1, 0.15) is 11.2 Å². The molecule has 0 radical (unpaired) electrons. The van der Waals surface area contributed by atoms with E-state index in [1.807, 2.05) is 12.1 Å². The quantitative estimate of drug-likeness (QED) is 0.209. The van der Waals surface area contributed by atoms with Crippen molar-refractivity contribution in [1.82, 2.24) is 4.57 Å². The van der Waals surface area contributed by atoms with E-state index in [1.165, 1.54) is 33.1 Å². The summed E-state index contributed by atoms with van der Waals surface area (Å²) in [4.78, 5) is 0. The van der Waals surface area contributed by atoms with E-state index in [-0.39, 0.29) is 0 Å². The molecule has 0 unspecified atom stereocenters. The highest BCUT2D eigenvalue weighted by Crippen LogP contribution is 2.40. The first-order valence-corrected chi connectivity index (χ1v) is 13.8. The van der Waals surface area contributed by atoms with Crippen molar-refractivity contribution in [3.05, 3.63) is 138 Å². The zero-order valence-corrected chi connectivity index (χ0v) is 22.5. The molecular formula is C36H22BrNO. The maximum Gasteiger partial charge on any atom is 0.143 e. The molecule has 0 saturated carbocycles. The fraction of sp³-hybridized carbons (Fsp3) is 0. The Morgan fingerprint density at radius 2 is 1.21 bits per heavy atom.